The van der Waals surface area contributed by atoms with Crippen LogP contribution in [0.25, 0.3) is 0 Å². The minimum absolute atomic E-state index is 0.00708. The predicted octanol–water partition coefficient (Wildman–Crippen LogP) is 1.50. The first-order valence-electron chi connectivity index (χ1n) is 4.78. The van der Waals surface area contributed by atoms with Gasteiger partial charge in [0.2, 0.25) is 0 Å². The van der Waals surface area contributed by atoms with Crippen LogP contribution in [-0.4, -0.2) is 37.7 Å². The van der Waals surface area contributed by atoms with Crippen molar-refractivity contribution in [2.24, 2.45) is 5.92 Å². The molecule has 3 nitrogen and oxygen atoms in total. The molecule has 0 amide bonds. The zero-order valence-corrected chi connectivity index (χ0v) is 9.08. The molecule has 0 spiro atoms. The summed E-state index contributed by atoms with van der Waals surface area (Å²) in [4.78, 5) is 2.27. The Labute approximate surface area is 81.3 Å². The van der Waals surface area contributed by atoms with Gasteiger partial charge >= 0.3 is 0 Å². The second-order valence-electron chi connectivity index (χ2n) is 3.46. The quantitative estimate of drug-likeness (QED) is 0.627. The molecule has 1 unspecified atom stereocenters. The van der Waals surface area contributed by atoms with Crippen molar-refractivity contribution in [3.8, 4) is 6.07 Å². The molecule has 0 saturated heterocycles. The Morgan fingerprint density at radius 1 is 1.46 bits per heavy atom. The molecule has 0 aliphatic heterocycles. The van der Waals surface area contributed by atoms with E-state index in [0.29, 0.717) is 12.6 Å². The van der Waals surface area contributed by atoms with Gasteiger partial charge in [0.15, 0.2) is 0 Å². The second kappa shape index (κ2) is 6.88. The molecule has 13 heavy (non-hydrogen) atoms. The maximum Gasteiger partial charge on any atom is 0.0823 e. The third-order valence-corrected chi connectivity index (χ3v) is 2.14. The molecule has 1 atom stereocenters. The standard InChI is InChI=1S/C10H20N2O/c1-5-12(9(2)3)7-10(6-11)8-13-4/h9-10H,5,7-8H2,1-4H3. The molecule has 0 aliphatic carbocycles. The lowest BCUT2D eigenvalue weighted by Gasteiger charge is -2.26. The summed E-state index contributed by atoms with van der Waals surface area (Å²) in [6, 6.07) is 2.75. The Balaban J connectivity index is 3.97. The van der Waals surface area contributed by atoms with Crippen molar-refractivity contribution in [2.75, 3.05) is 26.8 Å². The van der Waals surface area contributed by atoms with E-state index in [1.165, 1.54) is 0 Å². The fraction of sp³-hybridized carbons (Fsp3) is 0.900. The van der Waals surface area contributed by atoms with Crippen LogP contribution in [0.4, 0.5) is 0 Å². The summed E-state index contributed by atoms with van der Waals surface area (Å²) in [5.74, 6) is -0.00708. The van der Waals surface area contributed by atoms with Crippen molar-refractivity contribution in [2.45, 2.75) is 26.8 Å². The molecule has 3 heteroatoms. The lowest BCUT2D eigenvalue weighted by atomic mass is 10.1. The summed E-state index contributed by atoms with van der Waals surface area (Å²) >= 11 is 0. The number of nitriles is 1. The van der Waals surface area contributed by atoms with E-state index in [2.05, 4.69) is 31.7 Å². The highest BCUT2D eigenvalue weighted by Crippen LogP contribution is 2.04. The van der Waals surface area contributed by atoms with Crippen LogP contribution in [0.2, 0.25) is 0 Å². The van der Waals surface area contributed by atoms with Gasteiger partial charge in [-0.15, -0.1) is 0 Å². The summed E-state index contributed by atoms with van der Waals surface area (Å²) in [5, 5.41) is 8.83. The van der Waals surface area contributed by atoms with E-state index in [-0.39, 0.29) is 5.92 Å². The van der Waals surface area contributed by atoms with Crippen molar-refractivity contribution in [1.29, 1.82) is 5.26 Å². The van der Waals surface area contributed by atoms with Gasteiger partial charge in [-0.05, 0) is 20.4 Å². The van der Waals surface area contributed by atoms with E-state index in [4.69, 9.17) is 10.00 Å². The van der Waals surface area contributed by atoms with E-state index in [1.54, 1.807) is 7.11 Å². The molecule has 0 heterocycles. The average molecular weight is 184 g/mol. The molecule has 0 fully saturated rings. The van der Waals surface area contributed by atoms with E-state index >= 15 is 0 Å². The molecule has 76 valence electrons. The molecular weight excluding hydrogens is 164 g/mol. The van der Waals surface area contributed by atoms with Crippen molar-refractivity contribution in [1.82, 2.24) is 4.90 Å². The fourth-order valence-electron chi connectivity index (χ4n) is 1.32. The van der Waals surface area contributed by atoms with Gasteiger partial charge in [-0.25, -0.2) is 0 Å². The van der Waals surface area contributed by atoms with Crippen molar-refractivity contribution in [3.05, 3.63) is 0 Å². The first-order chi connectivity index (χ1) is 6.15. The monoisotopic (exact) mass is 184 g/mol. The lowest BCUT2D eigenvalue weighted by molar-refractivity contribution is 0.133. The van der Waals surface area contributed by atoms with Gasteiger partial charge in [0, 0.05) is 19.7 Å². The number of hydrogen-bond acceptors (Lipinski definition) is 3. The number of hydrogen-bond donors (Lipinski definition) is 0. The minimum Gasteiger partial charge on any atom is -0.383 e. The summed E-state index contributed by atoms with van der Waals surface area (Å²) < 4.78 is 4.97. The smallest absolute Gasteiger partial charge is 0.0823 e. The number of ether oxygens (including phenoxy) is 1. The van der Waals surface area contributed by atoms with Gasteiger partial charge < -0.3 is 4.74 Å². The van der Waals surface area contributed by atoms with Gasteiger partial charge in [0.25, 0.3) is 0 Å². The number of methoxy groups -OCH3 is 1. The van der Waals surface area contributed by atoms with Gasteiger partial charge in [-0.3, -0.25) is 4.90 Å². The highest BCUT2D eigenvalue weighted by Gasteiger charge is 2.14. The third-order valence-electron chi connectivity index (χ3n) is 2.14. The molecule has 0 N–H and O–H groups in total. The molecule has 0 aromatic rings. The van der Waals surface area contributed by atoms with Gasteiger partial charge in [0.1, 0.15) is 0 Å². The molecule has 0 rings (SSSR count). The fourth-order valence-corrected chi connectivity index (χ4v) is 1.32. The highest BCUT2D eigenvalue weighted by atomic mass is 16.5. The van der Waals surface area contributed by atoms with E-state index in [9.17, 15) is 0 Å². The van der Waals surface area contributed by atoms with E-state index in [0.717, 1.165) is 13.1 Å². The summed E-state index contributed by atoms with van der Waals surface area (Å²) in [7, 11) is 1.63. The van der Waals surface area contributed by atoms with Crippen LogP contribution in [-0.2, 0) is 4.74 Å². The molecule has 0 bridgehead atoms. The molecule has 0 radical (unpaired) electrons. The van der Waals surface area contributed by atoms with Crippen LogP contribution in [0.1, 0.15) is 20.8 Å². The van der Waals surface area contributed by atoms with E-state index in [1.807, 2.05) is 0 Å². The zero-order valence-electron chi connectivity index (χ0n) is 9.08. The zero-order chi connectivity index (χ0) is 10.3. The van der Waals surface area contributed by atoms with Gasteiger partial charge in [-0.2, -0.15) is 5.26 Å². The van der Waals surface area contributed by atoms with Crippen molar-refractivity contribution < 1.29 is 4.74 Å². The first kappa shape index (κ1) is 12.4. The largest absolute Gasteiger partial charge is 0.383 e. The normalized spacial score (nSPS) is 13.3. The van der Waals surface area contributed by atoms with Crippen molar-refractivity contribution >= 4 is 0 Å². The molecule has 0 saturated carbocycles. The van der Waals surface area contributed by atoms with Gasteiger partial charge in [0.05, 0.1) is 18.6 Å². The highest BCUT2D eigenvalue weighted by molar-refractivity contribution is 4.85. The number of nitrogens with zero attached hydrogens (tertiary/aromatic N) is 2. The summed E-state index contributed by atoms with van der Waals surface area (Å²) in [6.07, 6.45) is 0. The molecule has 0 aromatic heterocycles. The number of rotatable bonds is 6. The average Bonchev–Trinajstić information content (AvgIpc) is 2.11. The molecule has 0 aliphatic rings. The first-order valence-corrected chi connectivity index (χ1v) is 4.78. The summed E-state index contributed by atoms with van der Waals surface area (Å²) in [6.45, 7) is 8.72. The Morgan fingerprint density at radius 3 is 2.38 bits per heavy atom. The SMILES string of the molecule is CCN(CC(C#N)COC)C(C)C. The Bertz CT molecular complexity index is 163. The minimum atomic E-state index is -0.00708. The van der Waals surface area contributed by atoms with Crippen LogP contribution in [0.5, 0.6) is 0 Å². The van der Waals surface area contributed by atoms with E-state index < -0.39 is 0 Å². The topological polar surface area (TPSA) is 36.3 Å². The second-order valence-corrected chi connectivity index (χ2v) is 3.46. The lowest BCUT2D eigenvalue weighted by Crippen LogP contribution is -2.36. The maximum atomic E-state index is 8.83. The third kappa shape index (κ3) is 4.87. The van der Waals surface area contributed by atoms with Gasteiger partial charge in [-0.1, -0.05) is 6.92 Å². The molecule has 0 aromatic carbocycles. The Kier molecular flexibility index (Phi) is 6.56. The molecular formula is C10H20N2O. The van der Waals surface area contributed by atoms with Crippen LogP contribution >= 0.6 is 0 Å². The summed E-state index contributed by atoms with van der Waals surface area (Å²) in [5.41, 5.74) is 0. The van der Waals surface area contributed by atoms with Crippen LogP contribution in [0.15, 0.2) is 0 Å². The maximum absolute atomic E-state index is 8.83. The van der Waals surface area contributed by atoms with Crippen LogP contribution in [0, 0.1) is 17.2 Å². The van der Waals surface area contributed by atoms with Crippen LogP contribution < -0.4 is 0 Å². The Morgan fingerprint density at radius 2 is 2.08 bits per heavy atom. The Hall–Kier alpha value is -0.590. The predicted molar refractivity (Wildman–Crippen MR) is 53.4 cm³/mol. The van der Waals surface area contributed by atoms with Crippen LogP contribution in [0.3, 0.4) is 0 Å². The van der Waals surface area contributed by atoms with Crippen molar-refractivity contribution in [3.63, 3.8) is 0 Å².